The molecular formula is C27H30N4O4S. The highest BCUT2D eigenvalue weighted by Gasteiger charge is 2.26. The van der Waals surface area contributed by atoms with Gasteiger partial charge >= 0.3 is 6.09 Å². The Morgan fingerprint density at radius 2 is 1.53 bits per heavy atom. The maximum absolute atomic E-state index is 12.9. The number of carbonyl (C=O) groups is 3. The van der Waals surface area contributed by atoms with Crippen molar-refractivity contribution in [3.05, 3.63) is 65.7 Å². The van der Waals surface area contributed by atoms with Gasteiger partial charge in [0.2, 0.25) is 5.91 Å². The zero-order valence-corrected chi connectivity index (χ0v) is 21.1. The van der Waals surface area contributed by atoms with Gasteiger partial charge in [0.25, 0.3) is 5.91 Å². The van der Waals surface area contributed by atoms with Crippen LogP contribution in [-0.4, -0.2) is 72.0 Å². The first-order valence-corrected chi connectivity index (χ1v) is 13.0. The van der Waals surface area contributed by atoms with Crippen molar-refractivity contribution < 1.29 is 19.1 Å². The van der Waals surface area contributed by atoms with Gasteiger partial charge in [-0.05, 0) is 12.0 Å². The van der Waals surface area contributed by atoms with Crippen molar-refractivity contribution in [3.63, 3.8) is 0 Å². The second kappa shape index (κ2) is 12.3. The molecule has 4 rings (SSSR count). The van der Waals surface area contributed by atoms with Crippen LogP contribution in [0.3, 0.4) is 0 Å². The number of thiazole rings is 1. The van der Waals surface area contributed by atoms with Crippen LogP contribution in [0.25, 0.3) is 21.7 Å². The van der Waals surface area contributed by atoms with Crippen LogP contribution in [0, 0.1) is 0 Å². The van der Waals surface area contributed by atoms with Crippen molar-refractivity contribution in [2.24, 2.45) is 0 Å². The molecule has 36 heavy (non-hydrogen) atoms. The monoisotopic (exact) mass is 506 g/mol. The fourth-order valence-electron chi connectivity index (χ4n) is 3.87. The summed E-state index contributed by atoms with van der Waals surface area (Å²) in [5.74, 6) is -0.573. The molecule has 1 saturated heterocycles. The fourth-order valence-corrected chi connectivity index (χ4v) is 4.88. The molecule has 0 atom stereocenters. The van der Waals surface area contributed by atoms with Crippen LogP contribution in [0.2, 0.25) is 0 Å². The first kappa shape index (κ1) is 25.4. The number of rotatable bonds is 8. The summed E-state index contributed by atoms with van der Waals surface area (Å²) in [5.41, 5.74) is 2.65. The van der Waals surface area contributed by atoms with Crippen LogP contribution in [-0.2, 0) is 9.53 Å². The Bertz CT molecular complexity index is 1120. The molecule has 1 aliphatic rings. The Balaban J connectivity index is 1.36. The molecule has 1 aromatic heterocycles. The number of carbonyl (C=O) groups excluding carboxylic acids is 3. The minimum Gasteiger partial charge on any atom is -0.449 e. The summed E-state index contributed by atoms with van der Waals surface area (Å²) in [4.78, 5) is 46.5. The number of ether oxygens (including phenoxy) is 1. The number of piperazine rings is 1. The minimum atomic E-state index is -0.383. The number of amides is 3. The molecule has 2 heterocycles. The molecule has 2 aromatic carbocycles. The van der Waals surface area contributed by atoms with Gasteiger partial charge in [0.05, 0.1) is 23.7 Å². The van der Waals surface area contributed by atoms with Gasteiger partial charge in [-0.15, -0.1) is 11.3 Å². The van der Waals surface area contributed by atoms with Gasteiger partial charge in [-0.1, -0.05) is 74.0 Å². The molecular weight excluding hydrogens is 476 g/mol. The number of nitrogens with one attached hydrogen (secondary N) is 1. The number of nitrogens with zero attached hydrogens (tertiary/aromatic N) is 3. The Kier molecular flexibility index (Phi) is 8.67. The number of unbranched alkanes of at least 4 members (excludes halogenated alkanes) is 1. The summed E-state index contributed by atoms with van der Waals surface area (Å²) >= 11 is 1.31. The molecule has 0 unspecified atom stereocenters. The van der Waals surface area contributed by atoms with Gasteiger partial charge in [0, 0.05) is 31.7 Å². The zero-order valence-electron chi connectivity index (χ0n) is 20.3. The van der Waals surface area contributed by atoms with Crippen LogP contribution in [0.4, 0.5) is 4.79 Å². The summed E-state index contributed by atoms with van der Waals surface area (Å²) in [6, 6.07) is 19.6. The molecule has 3 amide bonds. The summed E-state index contributed by atoms with van der Waals surface area (Å²) in [5, 5.41) is 3.03. The van der Waals surface area contributed by atoms with Gasteiger partial charge < -0.3 is 19.9 Å². The van der Waals surface area contributed by atoms with E-state index in [4.69, 9.17) is 4.74 Å². The van der Waals surface area contributed by atoms with E-state index in [1.807, 2.05) is 67.6 Å². The molecule has 1 fully saturated rings. The fraction of sp³-hybridized carbons (Fsp3) is 0.333. The van der Waals surface area contributed by atoms with E-state index >= 15 is 0 Å². The molecule has 1 N–H and O–H groups in total. The van der Waals surface area contributed by atoms with Crippen molar-refractivity contribution in [1.29, 1.82) is 0 Å². The Morgan fingerprint density at radius 1 is 0.917 bits per heavy atom. The summed E-state index contributed by atoms with van der Waals surface area (Å²) in [7, 11) is 0. The third-order valence-electron chi connectivity index (χ3n) is 5.92. The van der Waals surface area contributed by atoms with Crippen molar-refractivity contribution in [2.75, 3.05) is 39.3 Å². The van der Waals surface area contributed by atoms with E-state index in [2.05, 4.69) is 10.3 Å². The van der Waals surface area contributed by atoms with Crippen molar-refractivity contribution in [3.8, 4) is 21.7 Å². The first-order chi connectivity index (χ1) is 17.6. The molecule has 0 spiro atoms. The molecule has 1 aliphatic heterocycles. The average Bonchev–Trinajstić information content (AvgIpc) is 3.38. The van der Waals surface area contributed by atoms with Gasteiger partial charge in [0.1, 0.15) is 0 Å². The average molecular weight is 507 g/mol. The Morgan fingerprint density at radius 3 is 2.17 bits per heavy atom. The third-order valence-corrected chi connectivity index (χ3v) is 7.02. The van der Waals surface area contributed by atoms with E-state index in [1.54, 1.807) is 9.80 Å². The highest BCUT2D eigenvalue weighted by atomic mass is 32.1. The minimum absolute atomic E-state index is 0.124. The highest BCUT2D eigenvalue weighted by molar-refractivity contribution is 7.17. The van der Waals surface area contributed by atoms with Crippen LogP contribution >= 0.6 is 11.3 Å². The van der Waals surface area contributed by atoms with E-state index in [1.165, 1.54) is 11.3 Å². The molecule has 188 valence electrons. The van der Waals surface area contributed by atoms with Gasteiger partial charge in [-0.3, -0.25) is 9.59 Å². The number of hydrogen-bond donors (Lipinski definition) is 1. The van der Waals surface area contributed by atoms with Crippen LogP contribution in [0.15, 0.2) is 60.7 Å². The van der Waals surface area contributed by atoms with Crippen LogP contribution in [0.1, 0.15) is 29.6 Å². The third kappa shape index (κ3) is 6.28. The predicted octanol–water partition coefficient (Wildman–Crippen LogP) is 4.29. The summed E-state index contributed by atoms with van der Waals surface area (Å²) in [6.45, 7) is 3.97. The number of aromatic nitrogens is 1. The zero-order chi connectivity index (χ0) is 25.3. The maximum Gasteiger partial charge on any atom is 0.409 e. The largest absolute Gasteiger partial charge is 0.449 e. The lowest BCUT2D eigenvalue weighted by Gasteiger charge is -2.34. The quantitative estimate of drug-likeness (QED) is 0.460. The van der Waals surface area contributed by atoms with Gasteiger partial charge in [-0.2, -0.15) is 0 Å². The predicted molar refractivity (Wildman–Crippen MR) is 140 cm³/mol. The van der Waals surface area contributed by atoms with Crippen molar-refractivity contribution >= 4 is 29.2 Å². The van der Waals surface area contributed by atoms with Gasteiger partial charge in [-0.25, -0.2) is 9.78 Å². The van der Waals surface area contributed by atoms with E-state index in [9.17, 15) is 14.4 Å². The highest BCUT2D eigenvalue weighted by Crippen LogP contribution is 2.36. The topological polar surface area (TPSA) is 91.8 Å². The molecule has 0 bridgehead atoms. The second-order valence-corrected chi connectivity index (χ2v) is 9.45. The van der Waals surface area contributed by atoms with Crippen LogP contribution in [0.5, 0.6) is 0 Å². The van der Waals surface area contributed by atoms with Crippen molar-refractivity contribution in [1.82, 2.24) is 20.1 Å². The van der Waals surface area contributed by atoms with Gasteiger partial charge in [0.15, 0.2) is 5.01 Å². The van der Waals surface area contributed by atoms with E-state index in [0.29, 0.717) is 37.8 Å². The normalized spacial score (nSPS) is 13.4. The van der Waals surface area contributed by atoms with Crippen LogP contribution < -0.4 is 5.32 Å². The summed E-state index contributed by atoms with van der Waals surface area (Å²) < 4.78 is 5.24. The number of benzene rings is 2. The lowest BCUT2D eigenvalue weighted by molar-refractivity contribution is -0.131. The van der Waals surface area contributed by atoms with E-state index < -0.39 is 0 Å². The van der Waals surface area contributed by atoms with Crippen molar-refractivity contribution in [2.45, 2.75) is 19.8 Å². The molecule has 0 aliphatic carbocycles. The number of hydrogen-bond acceptors (Lipinski definition) is 6. The molecule has 3 aromatic rings. The molecule has 0 radical (unpaired) electrons. The Labute approximate surface area is 214 Å². The standard InChI is InChI=1S/C27H30N4O4S/c1-2-3-18-35-27(34)31-16-14-30(15-17-31)22(32)19-28-25(33)26-29-23(20-10-6-4-7-11-20)24(36-26)21-12-8-5-9-13-21/h4-13H,2-3,14-19H2,1H3,(H,28,33). The van der Waals surface area contributed by atoms with E-state index in [-0.39, 0.29) is 24.5 Å². The maximum atomic E-state index is 12.9. The SMILES string of the molecule is CCCCOC(=O)N1CCN(C(=O)CNC(=O)c2nc(-c3ccccc3)c(-c3ccccc3)s2)CC1. The second-order valence-electron chi connectivity index (χ2n) is 8.45. The summed E-state index contributed by atoms with van der Waals surface area (Å²) in [6.07, 6.45) is 1.46. The lowest BCUT2D eigenvalue weighted by atomic mass is 10.1. The molecule has 0 saturated carbocycles. The molecule has 9 heteroatoms. The first-order valence-electron chi connectivity index (χ1n) is 12.2. The lowest BCUT2D eigenvalue weighted by Crippen LogP contribution is -2.52. The van der Waals surface area contributed by atoms with E-state index in [0.717, 1.165) is 34.5 Å². The smallest absolute Gasteiger partial charge is 0.409 e. The Hall–Kier alpha value is -3.72. The molecule has 8 nitrogen and oxygen atoms in total.